The number of benzene rings is 1. The molecule has 11 nitrogen and oxygen atoms in total. The van der Waals surface area contributed by atoms with Gasteiger partial charge in [0.05, 0.1) is 13.7 Å². The minimum absolute atomic E-state index is 0.0474. The van der Waals surface area contributed by atoms with E-state index >= 15 is 0 Å². The number of nitrogens with one attached hydrogen (secondary N) is 1. The van der Waals surface area contributed by atoms with Gasteiger partial charge in [-0.3, -0.25) is 4.90 Å². The number of amides is 2. The third-order valence-corrected chi connectivity index (χ3v) is 7.40. The van der Waals surface area contributed by atoms with Gasteiger partial charge in [-0.05, 0) is 83.0 Å². The van der Waals surface area contributed by atoms with Crippen molar-refractivity contribution in [2.45, 2.75) is 83.7 Å². The highest BCUT2D eigenvalue weighted by molar-refractivity contribution is 5.88. The molecule has 2 atom stereocenters. The van der Waals surface area contributed by atoms with Gasteiger partial charge in [-0.25, -0.2) is 23.8 Å². The van der Waals surface area contributed by atoms with Crippen LogP contribution in [0.3, 0.4) is 0 Å². The molecule has 3 rings (SSSR count). The molecular weight excluding hydrogens is 595 g/mol. The summed E-state index contributed by atoms with van der Waals surface area (Å²) >= 11 is 0. The fourth-order valence-electron chi connectivity index (χ4n) is 5.17. The number of unbranched alkanes of at least 4 members (excludes halogenated alkanes) is 1. The van der Waals surface area contributed by atoms with Crippen molar-refractivity contribution < 1.29 is 37.7 Å². The summed E-state index contributed by atoms with van der Waals surface area (Å²) < 4.78 is 35.4. The van der Waals surface area contributed by atoms with Crippen LogP contribution in [0.5, 0.6) is 0 Å². The Morgan fingerprint density at radius 3 is 2.52 bits per heavy atom. The lowest BCUT2D eigenvalue weighted by Crippen LogP contribution is -2.45. The molecule has 2 amide bonds. The van der Waals surface area contributed by atoms with E-state index in [1.165, 1.54) is 14.2 Å². The predicted octanol–water partition coefficient (Wildman–Crippen LogP) is 5.24. The van der Waals surface area contributed by atoms with Crippen LogP contribution in [0.25, 0.3) is 0 Å². The average Bonchev–Trinajstić information content (AvgIpc) is 3.02. The fraction of sp³-hybridized carbons (Fsp3) is 0.588. The van der Waals surface area contributed by atoms with Gasteiger partial charge < -0.3 is 29.2 Å². The highest BCUT2D eigenvalue weighted by atomic mass is 19.1. The summed E-state index contributed by atoms with van der Waals surface area (Å²) in [7, 11) is 2.70. The molecule has 2 heterocycles. The van der Waals surface area contributed by atoms with E-state index < -0.39 is 36.0 Å². The Balaban J connectivity index is 1.56. The zero-order chi connectivity index (χ0) is 33.5. The summed E-state index contributed by atoms with van der Waals surface area (Å²) in [6, 6.07) is 12.3. The Hall–Kier alpha value is -3.77. The molecule has 0 fully saturated rings. The molecule has 0 saturated carbocycles. The SMILES string of the molecule is COCC(F)CN(CCCCc1ccc2c(n1)N(C(=O)OC(C)(C)C)CCC2)CCC(NC(=O)OCc1ccccc1)C(=O)OC. The second kappa shape index (κ2) is 18.4. The van der Waals surface area contributed by atoms with Crippen molar-refractivity contribution in [3.05, 3.63) is 59.3 Å². The third-order valence-electron chi connectivity index (χ3n) is 7.40. The molecule has 1 aromatic carbocycles. The second-order valence-electron chi connectivity index (χ2n) is 12.4. The summed E-state index contributed by atoms with van der Waals surface area (Å²) in [6.07, 6.45) is 1.76. The number of hydrogen-bond acceptors (Lipinski definition) is 9. The number of halogens is 1. The van der Waals surface area contributed by atoms with Gasteiger partial charge in [0.1, 0.15) is 30.2 Å². The Bertz CT molecular complexity index is 1260. The number of esters is 1. The van der Waals surface area contributed by atoms with Crippen molar-refractivity contribution in [1.29, 1.82) is 0 Å². The summed E-state index contributed by atoms with van der Waals surface area (Å²) in [4.78, 5) is 46.1. The zero-order valence-electron chi connectivity index (χ0n) is 27.8. The lowest BCUT2D eigenvalue weighted by Gasteiger charge is -2.31. The van der Waals surface area contributed by atoms with Gasteiger partial charge in [0.2, 0.25) is 0 Å². The van der Waals surface area contributed by atoms with E-state index in [1.807, 2.05) is 68.1 Å². The molecule has 2 aromatic rings. The van der Waals surface area contributed by atoms with E-state index in [4.69, 9.17) is 23.9 Å². The van der Waals surface area contributed by atoms with Gasteiger partial charge in [-0.1, -0.05) is 36.4 Å². The van der Waals surface area contributed by atoms with E-state index in [9.17, 15) is 18.8 Å². The molecule has 0 radical (unpaired) electrons. The van der Waals surface area contributed by atoms with Gasteiger partial charge in [0.15, 0.2) is 0 Å². The van der Waals surface area contributed by atoms with Gasteiger partial charge in [0.25, 0.3) is 0 Å². The summed E-state index contributed by atoms with van der Waals surface area (Å²) in [5, 5.41) is 2.58. The lowest BCUT2D eigenvalue weighted by molar-refractivity contribution is -0.143. The number of fused-ring (bicyclic) bond motifs is 1. The van der Waals surface area contributed by atoms with Crippen LogP contribution in [-0.2, 0) is 43.2 Å². The minimum Gasteiger partial charge on any atom is -0.467 e. The maximum Gasteiger partial charge on any atom is 0.416 e. The van der Waals surface area contributed by atoms with Crippen LogP contribution in [-0.4, -0.2) is 92.9 Å². The quantitative estimate of drug-likeness (QED) is 0.149. The standard InChI is InChI=1S/C34H49FN4O7/c1-34(2,3)46-33(42)39-20-11-14-26-16-17-28(36-30(26)39)15-9-10-19-38(22-27(35)24-43-4)21-18-29(31(40)44-5)37-32(41)45-23-25-12-7-6-8-13-25/h6-8,12-13,16-17,27,29H,9-11,14-15,18-24H2,1-5H3,(H,37,41). The summed E-state index contributed by atoms with van der Waals surface area (Å²) in [6.45, 7) is 7.12. The number of carbonyl (C=O) groups excluding carboxylic acids is 3. The second-order valence-corrected chi connectivity index (χ2v) is 12.4. The number of nitrogens with zero attached hydrogens (tertiary/aromatic N) is 3. The molecule has 1 aromatic heterocycles. The van der Waals surface area contributed by atoms with Crippen LogP contribution >= 0.6 is 0 Å². The molecule has 12 heteroatoms. The predicted molar refractivity (Wildman–Crippen MR) is 172 cm³/mol. The summed E-state index contributed by atoms with van der Waals surface area (Å²) in [5.74, 6) is 0.0484. The van der Waals surface area contributed by atoms with Crippen molar-refractivity contribution in [3.8, 4) is 0 Å². The number of aryl methyl sites for hydroxylation is 2. The van der Waals surface area contributed by atoms with E-state index in [2.05, 4.69) is 5.32 Å². The minimum atomic E-state index is -1.22. The van der Waals surface area contributed by atoms with Crippen molar-refractivity contribution in [2.75, 3.05) is 51.9 Å². The molecule has 0 aliphatic carbocycles. The highest BCUT2D eigenvalue weighted by Crippen LogP contribution is 2.27. The van der Waals surface area contributed by atoms with Gasteiger partial charge in [-0.2, -0.15) is 0 Å². The Labute approximate surface area is 271 Å². The number of carbonyl (C=O) groups is 3. The molecular formula is C34H49FN4O7. The highest BCUT2D eigenvalue weighted by Gasteiger charge is 2.29. The van der Waals surface area contributed by atoms with Crippen molar-refractivity contribution in [3.63, 3.8) is 0 Å². The number of pyridine rings is 1. The molecule has 0 bridgehead atoms. The largest absolute Gasteiger partial charge is 0.467 e. The smallest absolute Gasteiger partial charge is 0.416 e. The van der Waals surface area contributed by atoms with Crippen LogP contribution in [0, 0.1) is 0 Å². The van der Waals surface area contributed by atoms with Crippen LogP contribution in [0.4, 0.5) is 19.8 Å². The molecule has 0 spiro atoms. The van der Waals surface area contributed by atoms with Crippen molar-refractivity contribution in [1.82, 2.24) is 15.2 Å². The monoisotopic (exact) mass is 644 g/mol. The number of ether oxygens (including phenoxy) is 4. The maximum atomic E-state index is 14.6. The molecule has 0 saturated heterocycles. The fourth-order valence-corrected chi connectivity index (χ4v) is 5.17. The molecule has 1 aliphatic rings. The van der Waals surface area contributed by atoms with Crippen molar-refractivity contribution in [2.24, 2.45) is 0 Å². The number of alkyl carbamates (subject to hydrolysis) is 1. The number of rotatable bonds is 16. The first-order valence-corrected chi connectivity index (χ1v) is 15.9. The van der Waals surface area contributed by atoms with E-state index in [0.717, 1.165) is 42.5 Å². The Morgan fingerprint density at radius 1 is 1.07 bits per heavy atom. The van der Waals surface area contributed by atoms with Crippen LogP contribution < -0.4 is 10.2 Å². The maximum absolute atomic E-state index is 14.6. The first-order chi connectivity index (χ1) is 22.0. The topological polar surface area (TPSA) is 120 Å². The molecule has 46 heavy (non-hydrogen) atoms. The van der Waals surface area contributed by atoms with Crippen LogP contribution in [0.2, 0.25) is 0 Å². The number of hydrogen-bond donors (Lipinski definition) is 1. The normalized spacial score (nSPS) is 14.3. The van der Waals surface area contributed by atoms with Crippen LogP contribution in [0.15, 0.2) is 42.5 Å². The third kappa shape index (κ3) is 12.6. The Morgan fingerprint density at radius 2 is 1.83 bits per heavy atom. The lowest BCUT2D eigenvalue weighted by atomic mass is 10.0. The first kappa shape index (κ1) is 36.7. The molecule has 1 N–H and O–H groups in total. The van der Waals surface area contributed by atoms with Gasteiger partial charge in [0, 0.05) is 32.4 Å². The number of methoxy groups -OCH3 is 2. The van der Waals surface area contributed by atoms with Crippen LogP contribution in [0.1, 0.15) is 63.3 Å². The zero-order valence-corrected chi connectivity index (χ0v) is 27.8. The van der Waals surface area contributed by atoms with Gasteiger partial charge in [-0.15, -0.1) is 0 Å². The van der Waals surface area contributed by atoms with Crippen molar-refractivity contribution >= 4 is 24.0 Å². The van der Waals surface area contributed by atoms with E-state index in [1.54, 1.807) is 4.90 Å². The molecule has 2 unspecified atom stereocenters. The van der Waals surface area contributed by atoms with E-state index in [0.29, 0.717) is 31.9 Å². The van der Waals surface area contributed by atoms with E-state index in [-0.39, 0.29) is 26.2 Å². The first-order valence-electron chi connectivity index (χ1n) is 15.9. The average molecular weight is 645 g/mol. The molecule has 1 aliphatic heterocycles. The van der Waals surface area contributed by atoms with Gasteiger partial charge >= 0.3 is 18.2 Å². The Kier molecular flexibility index (Phi) is 14.7. The molecule has 254 valence electrons. The summed E-state index contributed by atoms with van der Waals surface area (Å²) in [5.41, 5.74) is 2.11. The number of anilines is 1. The number of alkyl halides is 1. The number of aromatic nitrogens is 1.